The van der Waals surface area contributed by atoms with Crippen LogP contribution in [0.5, 0.6) is 0 Å². The molecule has 0 spiro atoms. The number of hydrogen-bond donors (Lipinski definition) is 1. The minimum Gasteiger partial charge on any atom is -0.351 e. The molecule has 2 atom stereocenters. The molecule has 1 amide bonds. The number of nitrogens with one attached hydrogen (secondary N) is 1. The van der Waals surface area contributed by atoms with E-state index in [0.29, 0.717) is 24.3 Å². The van der Waals surface area contributed by atoms with Gasteiger partial charge in [0, 0.05) is 18.8 Å². The third kappa shape index (κ3) is 3.52. The molecule has 0 saturated carbocycles. The highest BCUT2D eigenvalue weighted by atomic mass is 16.2. The monoisotopic (exact) mass is 315 g/mol. The Hall–Kier alpha value is -1.95. The molecule has 0 aromatic heterocycles. The summed E-state index contributed by atoms with van der Waals surface area (Å²) < 4.78 is 0. The van der Waals surface area contributed by atoms with Crippen LogP contribution in [-0.2, 0) is 4.79 Å². The zero-order valence-corrected chi connectivity index (χ0v) is 13.7. The van der Waals surface area contributed by atoms with Gasteiger partial charge in [-0.15, -0.1) is 0 Å². The number of carbonyl (C=O) groups excluding carboxylic acids is 1. The normalized spacial score (nSPS) is 33.4. The molecular weight excluding hydrogens is 290 g/mol. The first kappa shape index (κ1) is 15.9. The Bertz CT molecular complexity index is 545. The van der Waals surface area contributed by atoms with Crippen molar-refractivity contribution in [3.63, 3.8) is 0 Å². The Morgan fingerprint density at radius 3 is 2.78 bits per heavy atom. The summed E-state index contributed by atoms with van der Waals surface area (Å²) in [5, 5.41) is 9.27. The van der Waals surface area contributed by atoms with Gasteiger partial charge in [-0.3, -0.25) is 4.79 Å². The number of amides is 1. The summed E-state index contributed by atoms with van der Waals surface area (Å²) >= 11 is 0. The van der Waals surface area contributed by atoms with E-state index in [2.05, 4.69) is 27.0 Å². The predicted octanol–water partition coefficient (Wildman–Crippen LogP) is 1.23. The molecule has 4 heterocycles. The summed E-state index contributed by atoms with van der Waals surface area (Å²) in [5.41, 5.74) is 0. The van der Waals surface area contributed by atoms with Gasteiger partial charge in [-0.25, -0.2) is 10.0 Å². The molecule has 3 fully saturated rings. The zero-order valence-electron chi connectivity index (χ0n) is 13.7. The Morgan fingerprint density at radius 2 is 2.17 bits per heavy atom. The van der Waals surface area contributed by atoms with E-state index in [0.717, 1.165) is 6.54 Å². The maximum atomic E-state index is 12.5. The van der Waals surface area contributed by atoms with Gasteiger partial charge in [0.05, 0.1) is 12.5 Å². The van der Waals surface area contributed by atoms with Crippen LogP contribution in [0.3, 0.4) is 0 Å². The number of rotatable bonds is 5. The van der Waals surface area contributed by atoms with Crippen molar-refractivity contribution in [2.45, 2.75) is 25.8 Å². The van der Waals surface area contributed by atoms with Crippen molar-refractivity contribution in [2.24, 2.45) is 21.9 Å². The standard InChI is InChI=1S/C17H25N5O/c1-3-4-5-16(18-2)22-11-14(10-19-22)17(23)20-15-12-21-8-6-13(15)7-9-21/h3-5,10,13-15H,2,6-9,11-12H2,1H3,(H,20,23)/b4-3-,16-5+/t14?,15-/m0/s1. The highest BCUT2D eigenvalue weighted by molar-refractivity contribution is 5.94. The number of hydrogen-bond acceptors (Lipinski definition) is 5. The van der Waals surface area contributed by atoms with E-state index in [1.54, 1.807) is 11.2 Å². The van der Waals surface area contributed by atoms with Crippen molar-refractivity contribution >= 4 is 18.8 Å². The molecule has 4 aliphatic rings. The number of piperidine rings is 3. The van der Waals surface area contributed by atoms with Crippen LogP contribution in [0.1, 0.15) is 19.8 Å². The van der Waals surface area contributed by atoms with Crippen molar-refractivity contribution in [1.29, 1.82) is 0 Å². The van der Waals surface area contributed by atoms with Gasteiger partial charge in [0.15, 0.2) is 0 Å². The highest BCUT2D eigenvalue weighted by Gasteiger charge is 2.36. The number of allylic oxidation sites excluding steroid dienone is 3. The number of carbonyl (C=O) groups is 1. The van der Waals surface area contributed by atoms with E-state index in [1.165, 1.54) is 25.9 Å². The van der Waals surface area contributed by atoms with Gasteiger partial charge in [-0.2, -0.15) is 5.10 Å². The molecule has 6 heteroatoms. The first-order valence-electron chi connectivity index (χ1n) is 8.35. The lowest BCUT2D eigenvalue weighted by Gasteiger charge is -2.45. The van der Waals surface area contributed by atoms with Crippen molar-refractivity contribution in [2.75, 3.05) is 26.2 Å². The molecule has 23 heavy (non-hydrogen) atoms. The summed E-state index contributed by atoms with van der Waals surface area (Å²) in [4.78, 5) is 19.0. The van der Waals surface area contributed by atoms with Gasteiger partial charge in [0.25, 0.3) is 0 Å². The Labute approximate surface area is 137 Å². The fraction of sp³-hybridized carbons (Fsp3) is 0.588. The third-order valence-electron chi connectivity index (χ3n) is 4.94. The molecule has 6 nitrogen and oxygen atoms in total. The van der Waals surface area contributed by atoms with Crippen LogP contribution in [0.25, 0.3) is 0 Å². The Kier molecular flexibility index (Phi) is 4.91. The van der Waals surface area contributed by atoms with E-state index in [4.69, 9.17) is 0 Å². The predicted molar refractivity (Wildman–Crippen MR) is 92.2 cm³/mol. The molecular formula is C17H25N5O. The molecule has 0 radical (unpaired) electrons. The molecule has 2 bridgehead atoms. The summed E-state index contributed by atoms with van der Waals surface area (Å²) in [6, 6.07) is 0.294. The maximum absolute atomic E-state index is 12.5. The fourth-order valence-corrected chi connectivity index (χ4v) is 3.57. The van der Waals surface area contributed by atoms with Gasteiger partial charge >= 0.3 is 0 Å². The first-order chi connectivity index (χ1) is 11.2. The summed E-state index contributed by atoms with van der Waals surface area (Å²) in [6.45, 7) is 9.39. The van der Waals surface area contributed by atoms with Crippen LogP contribution in [0.4, 0.5) is 0 Å². The number of fused-ring (bicyclic) bond motifs is 3. The molecule has 0 aromatic carbocycles. The largest absolute Gasteiger partial charge is 0.351 e. The minimum absolute atomic E-state index is 0.0736. The minimum atomic E-state index is -0.221. The topological polar surface area (TPSA) is 60.3 Å². The number of hydrazone groups is 1. The summed E-state index contributed by atoms with van der Waals surface area (Å²) in [7, 11) is 0. The molecule has 1 unspecified atom stereocenters. The first-order valence-corrected chi connectivity index (χ1v) is 8.35. The average Bonchev–Trinajstić information content (AvgIpc) is 3.07. The van der Waals surface area contributed by atoms with Crippen LogP contribution >= 0.6 is 0 Å². The maximum Gasteiger partial charge on any atom is 0.230 e. The number of aliphatic imine (C=N–C) groups is 1. The van der Waals surface area contributed by atoms with Gasteiger partial charge in [-0.05, 0) is 51.6 Å². The molecule has 0 aliphatic carbocycles. The lowest BCUT2D eigenvalue weighted by atomic mass is 9.84. The quantitative estimate of drug-likeness (QED) is 0.613. The third-order valence-corrected chi connectivity index (χ3v) is 4.94. The molecule has 124 valence electrons. The van der Waals surface area contributed by atoms with Gasteiger partial charge in [0.1, 0.15) is 5.82 Å². The van der Waals surface area contributed by atoms with E-state index in [9.17, 15) is 4.79 Å². The van der Waals surface area contributed by atoms with Crippen LogP contribution in [0, 0.1) is 11.8 Å². The molecule has 0 aromatic rings. The van der Waals surface area contributed by atoms with Crippen LogP contribution in [0.2, 0.25) is 0 Å². The van der Waals surface area contributed by atoms with Gasteiger partial charge in [-0.1, -0.05) is 12.2 Å². The van der Waals surface area contributed by atoms with Gasteiger partial charge in [0.2, 0.25) is 5.91 Å². The lowest BCUT2D eigenvalue weighted by Crippen LogP contribution is -2.58. The molecule has 3 saturated heterocycles. The van der Waals surface area contributed by atoms with Crippen LogP contribution < -0.4 is 5.32 Å². The second-order valence-electron chi connectivity index (χ2n) is 6.42. The Balaban J connectivity index is 1.56. The highest BCUT2D eigenvalue weighted by Crippen LogP contribution is 2.27. The van der Waals surface area contributed by atoms with E-state index >= 15 is 0 Å². The molecule has 4 rings (SSSR count). The zero-order chi connectivity index (χ0) is 16.2. The van der Waals surface area contributed by atoms with Gasteiger partial charge < -0.3 is 10.2 Å². The van der Waals surface area contributed by atoms with Crippen molar-refractivity contribution < 1.29 is 4.79 Å². The summed E-state index contributed by atoms with van der Waals surface area (Å²) in [5.74, 6) is 1.15. The van der Waals surface area contributed by atoms with E-state index in [1.807, 2.05) is 25.2 Å². The Morgan fingerprint density at radius 1 is 1.39 bits per heavy atom. The van der Waals surface area contributed by atoms with E-state index in [-0.39, 0.29) is 11.8 Å². The molecule has 1 N–H and O–H groups in total. The van der Waals surface area contributed by atoms with Crippen molar-refractivity contribution in [1.82, 2.24) is 15.2 Å². The van der Waals surface area contributed by atoms with Crippen molar-refractivity contribution in [3.8, 4) is 0 Å². The SMILES string of the molecule is C=N/C(=C\C=C/C)N1CC(C(=O)N[C@H]2CN3CCC2CC3)C=N1. The average molecular weight is 315 g/mol. The second-order valence-corrected chi connectivity index (χ2v) is 6.42. The lowest BCUT2D eigenvalue weighted by molar-refractivity contribution is -0.125. The second kappa shape index (κ2) is 7.08. The van der Waals surface area contributed by atoms with Crippen LogP contribution in [0.15, 0.2) is 34.1 Å². The van der Waals surface area contributed by atoms with Crippen LogP contribution in [-0.4, -0.2) is 61.0 Å². The fourth-order valence-electron chi connectivity index (χ4n) is 3.57. The smallest absolute Gasteiger partial charge is 0.230 e. The molecule has 4 aliphatic heterocycles. The summed E-state index contributed by atoms with van der Waals surface area (Å²) in [6.07, 6.45) is 9.77. The van der Waals surface area contributed by atoms with Crippen molar-refractivity contribution in [3.05, 3.63) is 24.0 Å². The van der Waals surface area contributed by atoms with E-state index < -0.39 is 0 Å². The number of nitrogens with zero attached hydrogens (tertiary/aromatic N) is 4.